The van der Waals surface area contributed by atoms with Gasteiger partial charge in [0.1, 0.15) is 17.8 Å². The molecule has 2 heterocycles. The molecule has 1 aliphatic heterocycles. The van der Waals surface area contributed by atoms with E-state index in [0.717, 1.165) is 28.0 Å². The van der Waals surface area contributed by atoms with Crippen LogP contribution in [0.5, 0.6) is 5.75 Å². The molecule has 0 spiro atoms. The Kier molecular flexibility index (Phi) is 3.83. The molecule has 9 heteroatoms. The van der Waals surface area contributed by atoms with Crippen molar-refractivity contribution in [3.63, 3.8) is 0 Å². The fraction of sp³-hybridized carbons (Fsp3) is 0.412. The van der Waals surface area contributed by atoms with E-state index in [1.807, 2.05) is 6.07 Å². The minimum absolute atomic E-state index is 0.159. The Morgan fingerprint density at radius 1 is 1.46 bits per heavy atom. The maximum Gasteiger partial charge on any atom is 0.325 e. The summed E-state index contributed by atoms with van der Waals surface area (Å²) in [6.07, 6.45) is 1.83. The van der Waals surface area contributed by atoms with Gasteiger partial charge in [-0.3, -0.25) is 14.5 Å². The first kappa shape index (κ1) is 16.8. The van der Waals surface area contributed by atoms with Crippen LogP contribution in [0.25, 0.3) is 10.2 Å². The molecule has 1 saturated heterocycles. The molecule has 0 bridgehead atoms. The second-order valence-electron chi connectivity index (χ2n) is 6.70. The first-order valence-corrected chi connectivity index (χ1v) is 9.11. The number of ether oxygens (including phenoxy) is 1. The number of aromatic nitrogens is 1. The summed E-state index contributed by atoms with van der Waals surface area (Å²) in [5, 5.41) is 5.80. The van der Waals surface area contributed by atoms with Gasteiger partial charge in [0, 0.05) is 0 Å². The van der Waals surface area contributed by atoms with Crippen molar-refractivity contribution in [2.75, 3.05) is 19.0 Å². The van der Waals surface area contributed by atoms with Crippen molar-refractivity contribution in [1.82, 2.24) is 15.2 Å². The van der Waals surface area contributed by atoms with Crippen molar-refractivity contribution in [2.24, 2.45) is 5.92 Å². The van der Waals surface area contributed by atoms with Crippen LogP contribution in [-0.2, 0) is 9.59 Å². The number of urea groups is 1. The van der Waals surface area contributed by atoms with Crippen LogP contribution < -0.4 is 15.4 Å². The van der Waals surface area contributed by atoms with Crippen LogP contribution >= 0.6 is 11.3 Å². The second-order valence-corrected chi connectivity index (χ2v) is 7.73. The summed E-state index contributed by atoms with van der Waals surface area (Å²) in [6.45, 7) is 1.40. The number of anilines is 1. The monoisotopic (exact) mass is 374 g/mol. The van der Waals surface area contributed by atoms with Crippen LogP contribution in [0.1, 0.15) is 19.8 Å². The Labute approximate surface area is 153 Å². The third-order valence-corrected chi connectivity index (χ3v) is 5.77. The maximum absolute atomic E-state index is 12.6. The third kappa shape index (κ3) is 2.78. The number of amides is 4. The molecule has 4 amide bonds. The molecule has 2 N–H and O–H groups in total. The Hall–Kier alpha value is -2.68. The molecule has 26 heavy (non-hydrogen) atoms. The number of benzene rings is 1. The van der Waals surface area contributed by atoms with Crippen LogP contribution in [0.2, 0.25) is 0 Å². The molecular weight excluding hydrogens is 356 g/mol. The lowest BCUT2D eigenvalue weighted by atomic mass is 9.96. The SMILES string of the molecule is COc1ccc2nc(NC(=O)CN3C(=O)N[C@](C)(C4CC4)C3=O)sc2c1. The lowest BCUT2D eigenvalue weighted by Crippen LogP contribution is -2.46. The number of hydrogen-bond acceptors (Lipinski definition) is 6. The van der Waals surface area contributed by atoms with Crippen molar-refractivity contribution in [2.45, 2.75) is 25.3 Å². The molecule has 1 atom stereocenters. The standard InChI is InChI=1S/C17H18N4O4S/c1-17(9-3-4-9)14(23)21(16(24)20-17)8-13(22)19-15-18-11-6-5-10(25-2)7-12(11)26-15/h5-7,9H,3-4,8H2,1-2H3,(H,20,24)(H,18,19,22)/t17-/m1/s1. The summed E-state index contributed by atoms with van der Waals surface area (Å²) in [5.74, 6) is 0.0673. The van der Waals surface area contributed by atoms with E-state index in [9.17, 15) is 14.4 Å². The minimum atomic E-state index is -0.885. The molecule has 2 fully saturated rings. The average Bonchev–Trinajstić information content (AvgIpc) is 3.35. The van der Waals surface area contributed by atoms with Crippen LogP contribution in [-0.4, -0.2) is 46.9 Å². The average molecular weight is 374 g/mol. The molecule has 1 saturated carbocycles. The zero-order chi connectivity index (χ0) is 18.5. The highest BCUT2D eigenvalue weighted by molar-refractivity contribution is 7.22. The highest BCUT2D eigenvalue weighted by atomic mass is 32.1. The number of carbonyl (C=O) groups is 3. The Morgan fingerprint density at radius 3 is 2.92 bits per heavy atom. The third-order valence-electron chi connectivity index (χ3n) is 4.84. The number of imide groups is 1. The molecule has 1 aromatic heterocycles. The molecule has 4 rings (SSSR count). The number of nitrogens with zero attached hydrogens (tertiary/aromatic N) is 2. The molecule has 136 valence electrons. The maximum atomic E-state index is 12.6. The summed E-state index contributed by atoms with van der Waals surface area (Å²) < 4.78 is 6.04. The van der Waals surface area contributed by atoms with Crippen molar-refractivity contribution < 1.29 is 19.1 Å². The predicted octanol–water partition coefficient (Wildman–Crippen LogP) is 1.96. The fourth-order valence-electron chi connectivity index (χ4n) is 3.18. The van der Waals surface area contributed by atoms with E-state index in [-0.39, 0.29) is 18.4 Å². The van der Waals surface area contributed by atoms with E-state index in [1.165, 1.54) is 11.3 Å². The van der Waals surface area contributed by atoms with Gasteiger partial charge in [-0.15, -0.1) is 0 Å². The minimum Gasteiger partial charge on any atom is -0.497 e. The van der Waals surface area contributed by atoms with Crippen molar-refractivity contribution in [3.8, 4) is 5.75 Å². The van der Waals surface area contributed by atoms with E-state index in [1.54, 1.807) is 26.2 Å². The number of methoxy groups -OCH3 is 1. The van der Waals surface area contributed by atoms with E-state index in [4.69, 9.17) is 4.74 Å². The van der Waals surface area contributed by atoms with Gasteiger partial charge in [0.25, 0.3) is 5.91 Å². The van der Waals surface area contributed by atoms with E-state index >= 15 is 0 Å². The van der Waals surface area contributed by atoms with E-state index in [2.05, 4.69) is 15.6 Å². The number of rotatable bonds is 5. The van der Waals surface area contributed by atoms with Crippen molar-refractivity contribution in [3.05, 3.63) is 18.2 Å². The summed E-state index contributed by atoms with van der Waals surface area (Å²) in [6, 6.07) is 4.91. The number of nitrogens with one attached hydrogen (secondary N) is 2. The Bertz CT molecular complexity index is 923. The number of thiazole rings is 1. The number of carbonyl (C=O) groups excluding carboxylic acids is 3. The van der Waals surface area contributed by atoms with Gasteiger partial charge < -0.3 is 15.4 Å². The zero-order valence-corrected chi connectivity index (χ0v) is 15.2. The lowest BCUT2D eigenvalue weighted by Gasteiger charge is -2.20. The highest BCUT2D eigenvalue weighted by Gasteiger charge is 2.56. The largest absolute Gasteiger partial charge is 0.497 e. The van der Waals surface area contributed by atoms with Gasteiger partial charge in [-0.1, -0.05) is 11.3 Å². The van der Waals surface area contributed by atoms with Crippen molar-refractivity contribution in [1.29, 1.82) is 0 Å². The summed E-state index contributed by atoms with van der Waals surface area (Å²) >= 11 is 1.30. The van der Waals surface area contributed by atoms with E-state index in [0.29, 0.717) is 10.9 Å². The van der Waals surface area contributed by atoms with Gasteiger partial charge >= 0.3 is 6.03 Å². The highest BCUT2D eigenvalue weighted by Crippen LogP contribution is 2.42. The molecule has 2 aromatic rings. The molecule has 1 aliphatic carbocycles. The topological polar surface area (TPSA) is 101 Å². The smallest absolute Gasteiger partial charge is 0.325 e. The molecular formula is C17H18N4O4S. The first-order chi connectivity index (χ1) is 12.4. The van der Waals surface area contributed by atoms with Crippen LogP contribution in [0.4, 0.5) is 9.93 Å². The molecule has 8 nitrogen and oxygen atoms in total. The predicted molar refractivity (Wildman–Crippen MR) is 96.2 cm³/mol. The second kappa shape index (κ2) is 5.94. The molecule has 2 aliphatic rings. The zero-order valence-electron chi connectivity index (χ0n) is 14.4. The van der Waals surface area contributed by atoms with Gasteiger partial charge in [0.15, 0.2) is 5.13 Å². The molecule has 1 aromatic carbocycles. The van der Waals surface area contributed by atoms with Crippen molar-refractivity contribution >= 4 is 44.5 Å². The Balaban J connectivity index is 1.45. The summed E-state index contributed by atoms with van der Waals surface area (Å²) in [7, 11) is 1.58. The Morgan fingerprint density at radius 2 is 2.23 bits per heavy atom. The van der Waals surface area contributed by atoms with Crippen LogP contribution in [0.3, 0.4) is 0 Å². The van der Waals surface area contributed by atoms with Gasteiger partial charge in [-0.05, 0) is 43.9 Å². The van der Waals surface area contributed by atoms with Gasteiger partial charge in [0.05, 0.1) is 17.3 Å². The molecule has 0 radical (unpaired) electrons. The lowest BCUT2D eigenvalue weighted by molar-refractivity contribution is -0.134. The molecule has 0 unspecified atom stereocenters. The van der Waals surface area contributed by atoms with Gasteiger partial charge in [0.2, 0.25) is 5.91 Å². The van der Waals surface area contributed by atoms with Gasteiger partial charge in [-0.25, -0.2) is 9.78 Å². The quantitative estimate of drug-likeness (QED) is 0.779. The summed E-state index contributed by atoms with van der Waals surface area (Å²) in [5.41, 5.74) is -0.147. The van der Waals surface area contributed by atoms with Crippen LogP contribution in [0.15, 0.2) is 18.2 Å². The normalized spacial score (nSPS) is 22.6. The van der Waals surface area contributed by atoms with Gasteiger partial charge in [-0.2, -0.15) is 0 Å². The first-order valence-electron chi connectivity index (χ1n) is 8.29. The van der Waals surface area contributed by atoms with Crippen LogP contribution in [0, 0.1) is 5.92 Å². The fourth-order valence-corrected chi connectivity index (χ4v) is 4.09. The number of fused-ring (bicyclic) bond motifs is 1. The van der Waals surface area contributed by atoms with E-state index < -0.39 is 17.5 Å². The summed E-state index contributed by atoms with van der Waals surface area (Å²) in [4.78, 5) is 42.3. The number of hydrogen-bond donors (Lipinski definition) is 2.